The highest BCUT2D eigenvalue weighted by atomic mass is 79.9. The van der Waals surface area contributed by atoms with Crippen LogP contribution in [-0.4, -0.2) is 44.3 Å². The Morgan fingerprint density at radius 3 is 2.65 bits per heavy atom. The maximum atomic E-state index is 12.2. The molecule has 1 aromatic carbocycles. The maximum absolute atomic E-state index is 12.2. The zero-order valence-corrected chi connectivity index (χ0v) is 15.5. The summed E-state index contributed by atoms with van der Waals surface area (Å²) in [5, 5.41) is 0. The smallest absolute Gasteiger partial charge is 0.323 e. The lowest BCUT2D eigenvalue weighted by Crippen LogP contribution is -2.45. The lowest BCUT2D eigenvalue weighted by atomic mass is 10.0. The van der Waals surface area contributed by atoms with Gasteiger partial charge in [0, 0.05) is 18.2 Å². The summed E-state index contributed by atoms with van der Waals surface area (Å²) in [5.74, 6) is 1.36. The Balaban J connectivity index is 2.21. The first kappa shape index (κ1) is 18.1. The number of methoxy groups -OCH3 is 2. The minimum Gasteiger partial charge on any atom is -0.496 e. The maximum Gasteiger partial charge on any atom is 0.323 e. The van der Waals surface area contributed by atoms with E-state index < -0.39 is 0 Å². The van der Waals surface area contributed by atoms with Gasteiger partial charge in [0.1, 0.15) is 17.5 Å². The second-order valence-electron chi connectivity index (χ2n) is 5.53. The van der Waals surface area contributed by atoms with Gasteiger partial charge in [0.25, 0.3) is 0 Å². The van der Waals surface area contributed by atoms with Crippen molar-refractivity contribution < 1.29 is 19.0 Å². The van der Waals surface area contributed by atoms with Crippen LogP contribution in [0.4, 0.5) is 0 Å². The standard InChI is InChI=1S/C17H24BrNO4/c1-4-23-17(20)14-7-5-6-8-19(14)11-12-9-13(18)16(22-3)10-15(12)21-2/h9-10,14H,4-8,11H2,1-3H3. The number of carbonyl (C=O) groups excluding carboxylic acids is 1. The number of rotatable bonds is 6. The van der Waals surface area contributed by atoms with E-state index in [1.54, 1.807) is 14.2 Å². The normalized spacial score (nSPS) is 18.5. The number of hydrogen-bond acceptors (Lipinski definition) is 5. The third-order valence-corrected chi connectivity index (χ3v) is 4.72. The topological polar surface area (TPSA) is 48.0 Å². The number of nitrogens with zero attached hydrogens (tertiary/aromatic N) is 1. The number of ether oxygens (including phenoxy) is 3. The zero-order valence-electron chi connectivity index (χ0n) is 13.9. The molecule has 0 aromatic heterocycles. The summed E-state index contributed by atoms with van der Waals surface area (Å²) in [5.41, 5.74) is 1.02. The second-order valence-corrected chi connectivity index (χ2v) is 6.39. The first-order chi connectivity index (χ1) is 11.1. The molecule has 1 saturated heterocycles. The van der Waals surface area contributed by atoms with Gasteiger partial charge in [0.05, 0.1) is 25.3 Å². The van der Waals surface area contributed by atoms with Crippen molar-refractivity contribution in [2.24, 2.45) is 0 Å². The molecule has 1 atom stereocenters. The molecule has 1 fully saturated rings. The number of piperidine rings is 1. The zero-order chi connectivity index (χ0) is 16.8. The van der Waals surface area contributed by atoms with Crippen LogP contribution in [-0.2, 0) is 16.1 Å². The fraction of sp³-hybridized carbons (Fsp3) is 0.588. The van der Waals surface area contributed by atoms with E-state index in [2.05, 4.69) is 20.8 Å². The van der Waals surface area contributed by atoms with Crippen molar-refractivity contribution in [3.63, 3.8) is 0 Å². The largest absolute Gasteiger partial charge is 0.496 e. The van der Waals surface area contributed by atoms with Crippen molar-refractivity contribution in [1.29, 1.82) is 0 Å². The Hall–Kier alpha value is -1.27. The minimum absolute atomic E-state index is 0.126. The molecule has 1 aliphatic rings. The van der Waals surface area contributed by atoms with Crippen molar-refractivity contribution in [1.82, 2.24) is 4.90 Å². The van der Waals surface area contributed by atoms with Crippen molar-refractivity contribution in [2.75, 3.05) is 27.4 Å². The molecule has 0 spiro atoms. The van der Waals surface area contributed by atoms with E-state index in [-0.39, 0.29) is 12.0 Å². The molecule has 1 aromatic rings. The minimum atomic E-state index is -0.172. The van der Waals surface area contributed by atoms with E-state index in [1.165, 1.54) is 0 Å². The number of likely N-dealkylation sites (tertiary alicyclic amines) is 1. The van der Waals surface area contributed by atoms with Crippen LogP contribution in [0.3, 0.4) is 0 Å². The highest BCUT2D eigenvalue weighted by Gasteiger charge is 2.30. The molecule has 1 unspecified atom stereocenters. The molecule has 1 aliphatic heterocycles. The summed E-state index contributed by atoms with van der Waals surface area (Å²) in [6.45, 7) is 3.79. The molecule has 0 amide bonds. The van der Waals surface area contributed by atoms with Crippen molar-refractivity contribution in [3.05, 3.63) is 22.2 Å². The van der Waals surface area contributed by atoms with Crippen LogP contribution >= 0.6 is 15.9 Å². The number of carbonyl (C=O) groups is 1. The molecule has 0 N–H and O–H groups in total. The quantitative estimate of drug-likeness (QED) is 0.702. The van der Waals surface area contributed by atoms with Gasteiger partial charge in [0.15, 0.2) is 0 Å². The second kappa shape index (κ2) is 8.55. The van der Waals surface area contributed by atoms with Crippen LogP contribution in [0, 0.1) is 0 Å². The van der Waals surface area contributed by atoms with E-state index in [0.717, 1.165) is 47.3 Å². The Morgan fingerprint density at radius 1 is 1.26 bits per heavy atom. The van der Waals surface area contributed by atoms with Crippen LogP contribution in [0.2, 0.25) is 0 Å². The van der Waals surface area contributed by atoms with Gasteiger partial charge in [0.2, 0.25) is 0 Å². The monoisotopic (exact) mass is 385 g/mol. The summed E-state index contributed by atoms with van der Waals surface area (Å²) in [7, 11) is 3.27. The van der Waals surface area contributed by atoms with Gasteiger partial charge >= 0.3 is 5.97 Å². The van der Waals surface area contributed by atoms with Crippen molar-refractivity contribution in [2.45, 2.75) is 38.8 Å². The van der Waals surface area contributed by atoms with E-state index in [4.69, 9.17) is 14.2 Å². The van der Waals surface area contributed by atoms with Crippen LogP contribution < -0.4 is 9.47 Å². The first-order valence-corrected chi connectivity index (χ1v) is 8.71. The van der Waals surface area contributed by atoms with E-state index in [1.807, 2.05) is 19.1 Å². The van der Waals surface area contributed by atoms with E-state index in [0.29, 0.717) is 13.2 Å². The summed E-state index contributed by atoms with van der Waals surface area (Å²) >= 11 is 3.51. The van der Waals surface area contributed by atoms with Gasteiger partial charge in [-0.25, -0.2) is 0 Å². The molecule has 1 heterocycles. The molecule has 0 saturated carbocycles. The van der Waals surface area contributed by atoms with Gasteiger partial charge in [-0.3, -0.25) is 9.69 Å². The van der Waals surface area contributed by atoms with Gasteiger partial charge in [-0.15, -0.1) is 0 Å². The first-order valence-electron chi connectivity index (χ1n) is 7.91. The number of hydrogen-bond donors (Lipinski definition) is 0. The lowest BCUT2D eigenvalue weighted by Gasteiger charge is -2.34. The summed E-state index contributed by atoms with van der Waals surface area (Å²) in [4.78, 5) is 14.4. The van der Waals surface area contributed by atoms with E-state index >= 15 is 0 Å². The summed E-state index contributed by atoms with van der Waals surface area (Å²) in [6.07, 6.45) is 3.00. The summed E-state index contributed by atoms with van der Waals surface area (Å²) in [6, 6.07) is 3.69. The van der Waals surface area contributed by atoms with Crippen LogP contribution in [0.25, 0.3) is 0 Å². The van der Waals surface area contributed by atoms with Gasteiger partial charge in [-0.05, 0) is 48.3 Å². The molecule has 0 radical (unpaired) electrons. The molecular formula is C17H24BrNO4. The van der Waals surface area contributed by atoms with Gasteiger partial charge in [-0.2, -0.15) is 0 Å². The Morgan fingerprint density at radius 2 is 2.00 bits per heavy atom. The van der Waals surface area contributed by atoms with E-state index in [9.17, 15) is 4.79 Å². The fourth-order valence-electron chi connectivity index (χ4n) is 2.95. The third kappa shape index (κ3) is 4.38. The Kier molecular flexibility index (Phi) is 6.72. The summed E-state index contributed by atoms with van der Waals surface area (Å²) < 4.78 is 16.9. The predicted octanol–water partition coefficient (Wildman–Crippen LogP) is 3.38. The van der Waals surface area contributed by atoms with Crippen LogP contribution in [0.15, 0.2) is 16.6 Å². The predicted molar refractivity (Wildman–Crippen MR) is 91.9 cm³/mol. The molecule has 5 nitrogen and oxygen atoms in total. The lowest BCUT2D eigenvalue weighted by molar-refractivity contribution is -0.151. The highest BCUT2D eigenvalue weighted by molar-refractivity contribution is 9.10. The van der Waals surface area contributed by atoms with Crippen LogP contribution in [0.1, 0.15) is 31.7 Å². The van der Waals surface area contributed by atoms with Gasteiger partial charge < -0.3 is 14.2 Å². The average molecular weight is 386 g/mol. The highest BCUT2D eigenvalue weighted by Crippen LogP contribution is 2.34. The molecule has 23 heavy (non-hydrogen) atoms. The molecule has 128 valence electrons. The Labute approximate surface area is 146 Å². The van der Waals surface area contributed by atoms with Crippen molar-refractivity contribution >= 4 is 21.9 Å². The van der Waals surface area contributed by atoms with Gasteiger partial charge in [-0.1, -0.05) is 6.42 Å². The molecule has 0 bridgehead atoms. The van der Waals surface area contributed by atoms with Crippen molar-refractivity contribution in [3.8, 4) is 11.5 Å². The number of esters is 1. The third-order valence-electron chi connectivity index (χ3n) is 4.10. The molecule has 0 aliphatic carbocycles. The fourth-order valence-corrected chi connectivity index (χ4v) is 3.50. The SMILES string of the molecule is CCOC(=O)C1CCCCN1Cc1cc(Br)c(OC)cc1OC. The Bertz CT molecular complexity index is 550. The molecular weight excluding hydrogens is 362 g/mol. The molecule has 6 heteroatoms. The number of benzene rings is 1. The number of halogens is 1. The van der Waals surface area contributed by atoms with Crippen LogP contribution in [0.5, 0.6) is 11.5 Å². The average Bonchev–Trinajstić information content (AvgIpc) is 2.56. The molecule has 2 rings (SSSR count).